The predicted molar refractivity (Wildman–Crippen MR) is 114 cm³/mol. The second kappa shape index (κ2) is 9.48. The average Bonchev–Trinajstić information content (AvgIpc) is 3.49. The van der Waals surface area contributed by atoms with E-state index in [1.165, 1.54) is 29.5 Å². The van der Waals surface area contributed by atoms with Crippen molar-refractivity contribution in [3.05, 3.63) is 42.0 Å². The number of carbonyl (C=O) groups is 1. The Hall–Kier alpha value is -2.62. The second-order valence-corrected chi connectivity index (χ2v) is 8.45. The molecule has 2 aliphatic rings. The zero-order valence-electron chi connectivity index (χ0n) is 18.3. The van der Waals surface area contributed by atoms with Crippen molar-refractivity contribution in [2.24, 2.45) is 0 Å². The molecule has 2 aromatic rings. The Morgan fingerprint density at radius 2 is 1.88 bits per heavy atom. The smallest absolute Gasteiger partial charge is 0.371 e. The van der Waals surface area contributed by atoms with E-state index in [4.69, 9.17) is 0 Å². The van der Waals surface area contributed by atoms with Gasteiger partial charge in [0.2, 0.25) is 0 Å². The Morgan fingerprint density at radius 3 is 2.47 bits per heavy atom. The van der Waals surface area contributed by atoms with Crippen molar-refractivity contribution in [3.63, 3.8) is 0 Å². The van der Waals surface area contributed by atoms with Crippen molar-refractivity contribution >= 4 is 11.7 Å². The highest BCUT2D eigenvalue weighted by atomic mass is 19.4. The van der Waals surface area contributed by atoms with Gasteiger partial charge in [-0.2, -0.15) is 23.0 Å². The normalized spacial score (nSPS) is 18.3. The van der Waals surface area contributed by atoms with Crippen LogP contribution in [-0.4, -0.2) is 69.4 Å². The molecule has 0 radical (unpaired) electrons. The highest BCUT2D eigenvalue weighted by Crippen LogP contribution is 2.35. The molecule has 0 N–H and O–H groups in total. The van der Waals surface area contributed by atoms with Crippen LogP contribution in [0.5, 0.6) is 0 Å². The molecule has 10 heteroatoms. The van der Waals surface area contributed by atoms with Gasteiger partial charge in [0.15, 0.2) is 0 Å². The summed E-state index contributed by atoms with van der Waals surface area (Å²) in [5.74, 6) is 0. The second-order valence-electron chi connectivity index (χ2n) is 8.45. The van der Waals surface area contributed by atoms with Crippen LogP contribution in [-0.2, 0) is 12.7 Å². The molecule has 3 heterocycles. The number of carbonyl (C=O) groups excluding carboxylic acids is 1. The van der Waals surface area contributed by atoms with Gasteiger partial charge in [0.25, 0.3) is 0 Å². The number of anilines is 1. The summed E-state index contributed by atoms with van der Waals surface area (Å²) in [6, 6.07) is 4.07. The van der Waals surface area contributed by atoms with Gasteiger partial charge in [0.1, 0.15) is 12.7 Å². The molecule has 0 saturated carbocycles. The number of halogens is 3. The maximum Gasteiger partial charge on any atom is 0.416 e. The van der Waals surface area contributed by atoms with Crippen LogP contribution in [0.25, 0.3) is 0 Å². The molecule has 0 aliphatic carbocycles. The summed E-state index contributed by atoms with van der Waals surface area (Å²) in [7, 11) is 0. The quantitative estimate of drug-likeness (QED) is 0.693. The molecule has 0 spiro atoms. The van der Waals surface area contributed by atoms with E-state index in [-0.39, 0.29) is 12.1 Å². The van der Waals surface area contributed by atoms with Crippen LogP contribution in [0.2, 0.25) is 0 Å². The Morgan fingerprint density at radius 1 is 1.16 bits per heavy atom. The first-order valence-corrected chi connectivity index (χ1v) is 11.2. The first-order chi connectivity index (χ1) is 15.4. The number of hydrogen-bond acceptors (Lipinski definition) is 5. The molecular weight excluding hydrogens is 421 g/mol. The Balaban J connectivity index is 1.43. The molecular formula is C22H29F3N6O. The summed E-state index contributed by atoms with van der Waals surface area (Å²) in [5.41, 5.74) is 1.05. The summed E-state index contributed by atoms with van der Waals surface area (Å²) in [6.45, 7) is 6.31. The lowest BCUT2D eigenvalue weighted by molar-refractivity contribution is -0.137. The number of amides is 1. The van der Waals surface area contributed by atoms with Gasteiger partial charge in [-0.25, -0.2) is 9.78 Å². The molecule has 1 amide bonds. The molecule has 2 aliphatic heterocycles. The third-order valence-electron chi connectivity index (χ3n) is 6.45. The fourth-order valence-electron chi connectivity index (χ4n) is 4.74. The zero-order valence-corrected chi connectivity index (χ0v) is 18.3. The van der Waals surface area contributed by atoms with Gasteiger partial charge in [-0.15, -0.1) is 0 Å². The SMILES string of the molecule is CCN(C(=O)n1cncn1)C1CCN(Cc2ccc(C(F)(F)F)cc2N2CCCC2)CC1. The summed E-state index contributed by atoms with van der Waals surface area (Å²) in [6.07, 6.45) is 2.05. The Bertz CT molecular complexity index is 903. The van der Waals surface area contributed by atoms with Crippen LogP contribution in [0, 0.1) is 0 Å². The molecule has 174 valence electrons. The van der Waals surface area contributed by atoms with Crippen LogP contribution in [0.4, 0.5) is 23.7 Å². The van der Waals surface area contributed by atoms with Crippen molar-refractivity contribution in [1.82, 2.24) is 24.6 Å². The van der Waals surface area contributed by atoms with Crippen molar-refractivity contribution in [2.75, 3.05) is 37.6 Å². The van der Waals surface area contributed by atoms with Crippen LogP contribution >= 0.6 is 0 Å². The minimum atomic E-state index is -4.34. The molecule has 32 heavy (non-hydrogen) atoms. The summed E-state index contributed by atoms with van der Waals surface area (Å²) < 4.78 is 41.1. The van der Waals surface area contributed by atoms with Gasteiger partial charge < -0.3 is 9.80 Å². The van der Waals surface area contributed by atoms with Gasteiger partial charge in [0, 0.05) is 51.0 Å². The Kier molecular flexibility index (Phi) is 6.68. The topological polar surface area (TPSA) is 57.5 Å². The number of piperidine rings is 1. The first kappa shape index (κ1) is 22.6. The van der Waals surface area contributed by atoms with Crippen LogP contribution in [0.3, 0.4) is 0 Å². The van der Waals surface area contributed by atoms with E-state index in [9.17, 15) is 18.0 Å². The zero-order chi connectivity index (χ0) is 22.7. The number of likely N-dealkylation sites (tertiary alicyclic amines) is 1. The lowest BCUT2D eigenvalue weighted by atomic mass is 10.0. The third-order valence-corrected chi connectivity index (χ3v) is 6.45. The fourth-order valence-corrected chi connectivity index (χ4v) is 4.74. The van der Waals surface area contributed by atoms with E-state index in [1.807, 2.05) is 11.8 Å². The van der Waals surface area contributed by atoms with Gasteiger partial charge in [-0.3, -0.25) is 4.90 Å². The molecule has 2 fully saturated rings. The summed E-state index contributed by atoms with van der Waals surface area (Å²) in [5, 5.41) is 3.94. The first-order valence-electron chi connectivity index (χ1n) is 11.2. The molecule has 0 unspecified atom stereocenters. The molecule has 0 atom stereocenters. The molecule has 7 nitrogen and oxygen atoms in total. The molecule has 2 saturated heterocycles. The maximum atomic E-state index is 13.3. The summed E-state index contributed by atoms with van der Waals surface area (Å²) >= 11 is 0. The Labute approximate surface area is 185 Å². The highest BCUT2D eigenvalue weighted by Gasteiger charge is 2.33. The fraction of sp³-hybridized carbons (Fsp3) is 0.591. The van der Waals surface area contributed by atoms with E-state index in [1.54, 1.807) is 6.07 Å². The largest absolute Gasteiger partial charge is 0.416 e. The third kappa shape index (κ3) is 4.90. The van der Waals surface area contributed by atoms with Gasteiger partial charge in [-0.1, -0.05) is 6.07 Å². The van der Waals surface area contributed by atoms with Crippen molar-refractivity contribution in [1.29, 1.82) is 0 Å². The minimum Gasteiger partial charge on any atom is -0.371 e. The van der Waals surface area contributed by atoms with Crippen molar-refractivity contribution in [3.8, 4) is 0 Å². The minimum absolute atomic E-state index is 0.110. The van der Waals surface area contributed by atoms with E-state index >= 15 is 0 Å². The van der Waals surface area contributed by atoms with E-state index in [0.29, 0.717) is 18.8 Å². The standard InChI is InChI=1S/C22H29F3N6O/c1-2-30(21(32)31-16-26-15-27-31)19-7-11-28(12-8-19)14-17-5-6-18(22(23,24)25)13-20(17)29-9-3-4-10-29/h5-6,13,15-16,19H,2-4,7-12,14H2,1H3. The lowest BCUT2D eigenvalue weighted by Crippen LogP contribution is -2.48. The molecule has 1 aromatic heterocycles. The van der Waals surface area contributed by atoms with Crippen molar-refractivity contribution < 1.29 is 18.0 Å². The van der Waals surface area contributed by atoms with Gasteiger partial charge >= 0.3 is 12.2 Å². The number of benzene rings is 1. The van der Waals surface area contributed by atoms with E-state index in [0.717, 1.165) is 57.4 Å². The number of aromatic nitrogens is 3. The van der Waals surface area contributed by atoms with Crippen LogP contribution in [0.1, 0.15) is 43.7 Å². The van der Waals surface area contributed by atoms with Crippen LogP contribution in [0.15, 0.2) is 30.9 Å². The molecule has 0 bridgehead atoms. The average molecular weight is 451 g/mol. The van der Waals surface area contributed by atoms with Gasteiger partial charge in [-0.05, 0) is 50.3 Å². The molecule has 4 rings (SSSR count). The van der Waals surface area contributed by atoms with Gasteiger partial charge in [0.05, 0.1) is 5.56 Å². The number of alkyl halides is 3. The number of hydrogen-bond donors (Lipinski definition) is 0. The molecule has 1 aromatic carbocycles. The van der Waals surface area contributed by atoms with E-state index in [2.05, 4.69) is 19.9 Å². The monoisotopic (exact) mass is 450 g/mol. The summed E-state index contributed by atoms with van der Waals surface area (Å²) in [4.78, 5) is 22.7. The highest BCUT2D eigenvalue weighted by molar-refractivity contribution is 5.75. The lowest BCUT2D eigenvalue weighted by Gasteiger charge is -2.38. The van der Waals surface area contributed by atoms with Crippen molar-refractivity contribution in [2.45, 2.75) is 51.4 Å². The van der Waals surface area contributed by atoms with E-state index < -0.39 is 11.7 Å². The van der Waals surface area contributed by atoms with Crippen LogP contribution < -0.4 is 4.90 Å². The maximum absolute atomic E-state index is 13.3. The number of rotatable bonds is 5. The number of nitrogens with zero attached hydrogens (tertiary/aromatic N) is 6. The predicted octanol–water partition coefficient (Wildman–Crippen LogP) is 3.85.